The third kappa shape index (κ3) is 4.14. The molecule has 0 bridgehead atoms. The molecule has 1 N–H and O–H groups in total. The number of anilines is 1. The van der Waals surface area contributed by atoms with Crippen LogP contribution in [0.2, 0.25) is 5.02 Å². The molecule has 3 aromatic rings. The number of hydrogen-bond donors (Lipinski definition) is 1. The Labute approximate surface area is 158 Å². The van der Waals surface area contributed by atoms with E-state index in [0.717, 1.165) is 5.56 Å². The molecule has 9 heteroatoms. The molecular weight excluding hydrogens is 378 g/mol. The molecule has 1 aromatic carbocycles. The summed E-state index contributed by atoms with van der Waals surface area (Å²) in [6.45, 7) is 0. The molecule has 3 rings (SSSR count). The summed E-state index contributed by atoms with van der Waals surface area (Å²) < 4.78 is 16.0. The van der Waals surface area contributed by atoms with Crippen LogP contribution < -0.4 is 14.8 Å². The minimum absolute atomic E-state index is 0.179. The van der Waals surface area contributed by atoms with Gasteiger partial charge in [0.2, 0.25) is 17.7 Å². The van der Waals surface area contributed by atoms with Crippen molar-refractivity contribution in [2.45, 2.75) is 12.8 Å². The maximum absolute atomic E-state index is 12.2. The molecule has 1 amide bonds. The van der Waals surface area contributed by atoms with Gasteiger partial charge < -0.3 is 19.2 Å². The summed E-state index contributed by atoms with van der Waals surface area (Å²) in [5.74, 6) is 1.55. The van der Waals surface area contributed by atoms with E-state index in [1.165, 1.54) is 14.2 Å². The average Bonchev–Trinajstić information content (AvgIpc) is 3.31. The van der Waals surface area contributed by atoms with Crippen molar-refractivity contribution in [3.05, 3.63) is 39.9 Å². The molecular formula is C17H16ClN3O4S. The number of carbonyl (C=O) groups is 1. The lowest BCUT2D eigenvalue weighted by Crippen LogP contribution is -2.13. The standard InChI is InChI=1S/C17H16ClN3O4S/c1-23-13-8-14(24-2)12(7-11(13)18)19-15(22)3-4-16-20-21-17(25-16)10-5-6-26-9-10/h5-9H,3-4H2,1-2H3,(H,19,22). The molecule has 0 aliphatic carbocycles. The van der Waals surface area contributed by atoms with Gasteiger partial charge in [0, 0.05) is 29.9 Å². The number of benzene rings is 1. The smallest absolute Gasteiger partial charge is 0.248 e. The van der Waals surface area contributed by atoms with Crippen LogP contribution in [0.15, 0.2) is 33.4 Å². The number of hydrogen-bond acceptors (Lipinski definition) is 7. The van der Waals surface area contributed by atoms with E-state index in [2.05, 4.69) is 15.5 Å². The Morgan fingerprint density at radius 1 is 1.27 bits per heavy atom. The minimum atomic E-state index is -0.222. The van der Waals surface area contributed by atoms with Crippen LogP contribution in [-0.2, 0) is 11.2 Å². The summed E-state index contributed by atoms with van der Waals surface area (Å²) in [6, 6.07) is 5.09. The third-order valence-electron chi connectivity index (χ3n) is 3.55. The largest absolute Gasteiger partial charge is 0.495 e. The van der Waals surface area contributed by atoms with Gasteiger partial charge in [-0.2, -0.15) is 11.3 Å². The van der Waals surface area contributed by atoms with E-state index >= 15 is 0 Å². The number of carbonyl (C=O) groups excluding carboxylic acids is 1. The third-order valence-corrected chi connectivity index (χ3v) is 4.53. The summed E-state index contributed by atoms with van der Waals surface area (Å²) in [5.41, 5.74) is 1.34. The highest BCUT2D eigenvalue weighted by molar-refractivity contribution is 7.08. The first-order valence-electron chi connectivity index (χ1n) is 7.67. The summed E-state index contributed by atoms with van der Waals surface area (Å²) in [7, 11) is 3.01. The quantitative estimate of drug-likeness (QED) is 0.651. The van der Waals surface area contributed by atoms with Gasteiger partial charge in [-0.1, -0.05) is 11.6 Å². The first-order valence-corrected chi connectivity index (χ1v) is 8.99. The Morgan fingerprint density at radius 2 is 2.08 bits per heavy atom. The van der Waals surface area contributed by atoms with Crippen LogP contribution >= 0.6 is 22.9 Å². The van der Waals surface area contributed by atoms with Crippen LogP contribution in [0.4, 0.5) is 5.69 Å². The lowest BCUT2D eigenvalue weighted by atomic mass is 10.2. The van der Waals surface area contributed by atoms with Gasteiger partial charge in [0.15, 0.2) is 0 Å². The van der Waals surface area contributed by atoms with Crippen molar-refractivity contribution in [2.75, 3.05) is 19.5 Å². The molecule has 0 atom stereocenters. The van der Waals surface area contributed by atoms with Gasteiger partial charge in [-0.05, 0) is 17.5 Å². The molecule has 0 spiro atoms. The zero-order chi connectivity index (χ0) is 18.5. The minimum Gasteiger partial charge on any atom is -0.495 e. The van der Waals surface area contributed by atoms with Crippen molar-refractivity contribution in [3.63, 3.8) is 0 Å². The Balaban J connectivity index is 1.62. The number of aromatic nitrogens is 2. The Bertz CT molecular complexity index is 896. The fourth-order valence-corrected chi connectivity index (χ4v) is 3.12. The van der Waals surface area contributed by atoms with Crippen LogP contribution in [0.3, 0.4) is 0 Å². The van der Waals surface area contributed by atoms with Gasteiger partial charge in [0.1, 0.15) is 11.5 Å². The maximum Gasteiger partial charge on any atom is 0.248 e. The fraction of sp³-hybridized carbons (Fsp3) is 0.235. The second-order valence-corrected chi connectivity index (χ2v) is 6.44. The number of ether oxygens (including phenoxy) is 2. The van der Waals surface area contributed by atoms with Crippen molar-refractivity contribution in [1.29, 1.82) is 0 Å². The molecule has 0 saturated heterocycles. The van der Waals surface area contributed by atoms with E-state index in [9.17, 15) is 4.79 Å². The number of amides is 1. The topological polar surface area (TPSA) is 86.5 Å². The van der Waals surface area contributed by atoms with Crippen molar-refractivity contribution < 1.29 is 18.7 Å². The predicted octanol–water partition coefficient (Wildman–Crippen LogP) is 4.04. The van der Waals surface area contributed by atoms with E-state index in [4.69, 9.17) is 25.5 Å². The zero-order valence-electron chi connectivity index (χ0n) is 14.1. The monoisotopic (exact) mass is 393 g/mol. The summed E-state index contributed by atoms with van der Waals surface area (Å²) >= 11 is 7.65. The Morgan fingerprint density at radius 3 is 2.77 bits per heavy atom. The van der Waals surface area contributed by atoms with Crippen molar-refractivity contribution in [3.8, 4) is 23.0 Å². The van der Waals surface area contributed by atoms with Crippen molar-refractivity contribution >= 4 is 34.5 Å². The molecule has 7 nitrogen and oxygen atoms in total. The van der Waals surface area contributed by atoms with Crippen LogP contribution in [0.5, 0.6) is 11.5 Å². The molecule has 0 radical (unpaired) electrons. The summed E-state index contributed by atoms with van der Waals surface area (Å²) in [6.07, 6.45) is 0.507. The van der Waals surface area contributed by atoms with E-state index in [-0.39, 0.29) is 12.3 Å². The molecule has 2 aromatic heterocycles. The van der Waals surface area contributed by atoms with Crippen LogP contribution in [0, 0.1) is 0 Å². The highest BCUT2D eigenvalue weighted by Gasteiger charge is 2.14. The average molecular weight is 394 g/mol. The van der Waals surface area contributed by atoms with Gasteiger partial charge in [0.05, 0.1) is 24.9 Å². The van der Waals surface area contributed by atoms with E-state index in [0.29, 0.717) is 40.4 Å². The summed E-state index contributed by atoms with van der Waals surface area (Å²) in [5, 5.41) is 14.9. The first kappa shape index (κ1) is 18.2. The van der Waals surface area contributed by atoms with Crippen molar-refractivity contribution in [1.82, 2.24) is 10.2 Å². The molecule has 0 fully saturated rings. The predicted molar refractivity (Wildman–Crippen MR) is 99.1 cm³/mol. The van der Waals surface area contributed by atoms with E-state index in [1.54, 1.807) is 23.5 Å². The van der Waals surface area contributed by atoms with Gasteiger partial charge >= 0.3 is 0 Å². The second-order valence-electron chi connectivity index (χ2n) is 5.25. The number of thiophene rings is 1. The van der Waals surface area contributed by atoms with Gasteiger partial charge in [-0.15, -0.1) is 10.2 Å². The van der Waals surface area contributed by atoms with Crippen LogP contribution in [0.25, 0.3) is 11.5 Å². The number of halogens is 1. The Hall–Kier alpha value is -2.58. The van der Waals surface area contributed by atoms with Crippen LogP contribution in [0.1, 0.15) is 12.3 Å². The number of nitrogens with one attached hydrogen (secondary N) is 1. The highest BCUT2D eigenvalue weighted by Crippen LogP contribution is 2.36. The number of methoxy groups -OCH3 is 2. The fourth-order valence-electron chi connectivity index (χ4n) is 2.25. The molecule has 26 heavy (non-hydrogen) atoms. The molecule has 136 valence electrons. The SMILES string of the molecule is COc1cc(OC)c(NC(=O)CCc2nnc(-c3ccsc3)o2)cc1Cl. The van der Waals surface area contributed by atoms with Gasteiger partial charge in [-0.25, -0.2) is 0 Å². The highest BCUT2D eigenvalue weighted by atomic mass is 35.5. The lowest BCUT2D eigenvalue weighted by Gasteiger charge is -2.12. The molecule has 0 aliphatic rings. The van der Waals surface area contributed by atoms with E-state index < -0.39 is 0 Å². The number of nitrogens with zero attached hydrogens (tertiary/aromatic N) is 2. The van der Waals surface area contributed by atoms with Gasteiger partial charge in [-0.3, -0.25) is 4.79 Å². The molecule has 0 unspecified atom stereocenters. The van der Waals surface area contributed by atoms with E-state index in [1.807, 2.05) is 16.8 Å². The summed E-state index contributed by atoms with van der Waals surface area (Å²) in [4.78, 5) is 12.2. The second kappa shape index (κ2) is 8.20. The normalized spacial score (nSPS) is 10.6. The van der Waals surface area contributed by atoms with Gasteiger partial charge in [0.25, 0.3) is 0 Å². The zero-order valence-corrected chi connectivity index (χ0v) is 15.7. The maximum atomic E-state index is 12.2. The molecule has 2 heterocycles. The van der Waals surface area contributed by atoms with Crippen LogP contribution in [-0.4, -0.2) is 30.3 Å². The lowest BCUT2D eigenvalue weighted by molar-refractivity contribution is -0.116. The van der Waals surface area contributed by atoms with Crippen molar-refractivity contribution in [2.24, 2.45) is 0 Å². The number of aryl methyl sites for hydroxylation is 1. The molecule has 0 aliphatic heterocycles. The Kier molecular flexibility index (Phi) is 5.75. The number of rotatable bonds is 7. The first-order chi connectivity index (χ1) is 12.6. The molecule has 0 saturated carbocycles.